The Morgan fingerprint density at radius 2 is 1.52 bits per heavy atom. The third-order valence-corrected chi connectivity index (χ3v) is 7.86. The van der Waals surface area contributed by atoms with Gasteiger partial charge in [-0.1, -0.05) is 63.2 Å². The standard InChI is InChI=1S/C27H36N2O4/c1-26(2,3)20-11-13-27(33,14-12-20)23(22-10-6-8-19-7-4-5-9-21(19)22)24(30)28-15-17-29(18-16-28)25(31)32/h4-10,20,23,33H,11-18H2,1-3H3,(H,31,32). The monoisotopic (exact) mass is 452 g/mol. The molecule has 1 aliphatic heterocycles. The highest BCUT2D eigenvalue weighted by Crippen LogP contribution is 2.48. The third kappa shape index (κ3) is 4.72. The lowest BCUT2D eigenvalue weighted by Gasteiger charge is -2.46. The van der Waals surface area contributed by atoms with Gasteiger partial charge in [0.15, 0.2) is 0 Å². The van der Waals surface area contributed by atoms with Crippen LogP contribution >= 0.6 is 0 Å². The fourth-order valence-corrected chi connectivity index (χ4v) is 5.73. The molecule has 0 bridgehead atoms. The van der Waals surface area contributed by atoms with Gasteiger partial charge < -0.3 is 20.0 Å². The van der Waals surface area contributed by atoms with Crippen molar-refractivity contribution in [3.05, 3.63) is 48.0 Å². The van der Waals surface area contributed by atoms with Crippen molar-refractivity contribution in [1.82, 2.24) is 9.80 Å². The molecule has 2 fully saturated rings. The van der Waals surface area contributed by atoms with Gasteiger partial charge in [-0.3, -0.25) is 4.79 Å². The van der Waals surface area contributed by atoms with Crippen molar-refractivity contribution >= 4 is 22.8 Å². The van der Waals surface area contributed by atoms with E-state index in [9.17, 15) is 19.8 Å². The van der Waals surface area contributed by atoms with Crippen LogP contribution in [0.3, 0.4) is 0 Å². The lowest BCUT2D eigenvalue weighted by atomic mass is 9.64. The Kier molecular flexibility index (Phi) is 6.41. The van der Waals surface area contributed by atoms with Crippen molar-refractivity contribution in [1.29, 1.82) is 0 Å². The molecular formula is C27H36N2O4. The van der Waals surface area contributed by atoms with Crippen molar-refractivity contribution in [2.75, 3.05) is 26.2 Å². The Hall–Kier alpha value is -2.60. The molecule has 1 atom stereocenters. The van der Waals surface area contributed by atoms with Crippen LogP contribution in [0.2, 0.25) is 0 Å². The molecule has 6 heteroatoms. The summed E-state index contributed by atoms with van der Waals surface area (Å²) in [5, 5.41) is 23.3. The number of nitrogens with zero attached hydrogens (tertiary/aromatic N) is 2. The molecule has 4 rings (SSSR count). The zero-order valence-electron chi connectivity index (χ0n) is 20.0. The highest BCUT2D eigenvalue weighted by atomic mass is 16.4. The predicted molar refractivity (Wildman–Crippen MR) is 129 cm³/mol. The number of carboxylic acid groups (broad SMARTS) is 1. The second-order valence-corrected chi connectivity index (χ2v) is 10.8. The van der Waals surface area contributed by atoms with Crippen LogP contribution in [0.15, 0.2) is 42.5 Å². The van der Waals surface area contributed by atoms with E-state index >= 15 is 0 Å². The van der Waals surface area contributed by atoms with Gasteiger partial charge in [0.25, 0.3) is 0 Å². The van der Waals surface area contributed by atoms with E-state index in [1.807, 2.05) is 42.5 Å². The maximum Gasteiger partial charge on any atom is 0.407 e. The van der Waals surface area contributed by atoms with E-state index in [0.29, 0.717) is 44.9 Å². The van der Waals surface area contributed by atoms with Crippen molar-refractivity contribution in [3.8, 4) is 0 Å². The molecule has 33 heavy (non-hydrogen) atoms. The summed E-state index contributed by atoms with van der Waals surface area (Å²) < 4.78 is 0. The van der Waals surface area contributed by atoms with E-state index < -0.39 is 17.6 Å². The number of hydrogen-bond donors (Lipinski definition) is 2. The zero-order chi connectivity index (χ0) is 23.8. The van der Waals surface area contributed by atoms with E-state index in [2.05, 4.69) is 20.8 Å². The predicted octanol–water partition coefficient (Wildman–Crippen LogP) is 4.71. The van der Waals surface area contributed by atoms with Gasteiger partial charge in [-0.2, -0.15) is 0 Å². The van der Waals surface area contributed by atoms with Gasteiger partial charge in [-0.25, -0.2) is 4.79 Å². The molecule has 178 valence electrons. The molecule has 2 amide bonds. The number of benzene rings is 2. The number of aliphatic hydroxyl groups is 1. The fourth-order valence-electron chi connectivity index (χ4n) is 5.73. The fraction of sp³-hybridized carbons (Fsp3) is 0.556. The Bertz CT molecular complexity index is 1010. The third-order valence-electron chi connectivity index (χ3n) is 7.86. The first-order chi connectivity index (χ1) is 15.6. The first kappa shape index (κ1) is 23.6. The minimum absolute atomic E-state index is 0.0897. The van der Waals surface area contributed by atoms with Crippen LogP contribution in [0.25, 0.3) is 10.8 Å². The van der Waals surface area contributed by atoms with E-state index in [4.69, 9.17) is 0 Å². The summed E-state index contributed by atoms with van der Waals surface area (Å²) in [6.07, 6.45) is 2.00. The summed E-state index contributed by atoms with van der Waals surface area (Å²) in [6.45, 7) is 8.05. The minimum Gasteiger partial charge on any atom is -0.465 e. The molecule has 6 nitrogen and oxygen atoms in total. The molecule has 0 aromatic heterocycles. The number of piperazine rings is 1. The van der Waals surface area contributed by atoms with Crippen LogP contribution in [-0.2, 0) is 4.79 Å². The molecule has 0 radical (unpaired) electrons. The average molecular weight is 453 g/mol. The molecule has 1 saturated carbocycles. The summed E-state index contributed by atoms with van der Waals surface area (Å²) in [4.78, 5) is 28.4. The van der Waals surface area contributed by atoms with Gasteiger partial charge in [0, 0.05) is 26.2 Å². The highest BCUT2D eigenvalue weighted by Gasteiger charge is 2.48. The zero-order valence-corrected chi connectivity index (χ0v) is 20.0. The smallest absolute Gasteiger partial charge is 0.407 e. The van der Waals surface area contributed by atoms with Crippen LogP contribution in [0.1, 0.15) is 57.9 Å². The van der Waals surface area contributed by atoms with Crippen molar-refractivity contribution in [2.45, 2.75) is 58.0 Å². The Morgan fingerprint density at radius 3 is 2.12 bits per heavy atom. The quantitative estimate of drug-likeness (QED) is 0.707. The molecular weight excluding hydrogens is 416 g/mol. The first-order valence-electron chi connectivity index (χ1n) is 12.1. The Balaban J connectivity index is 1.69. The second-order valence-electron chi connectivity index (χ2n) is 10.8. The summed E-state index contributed by atoms with van der Waals surface area (Å²) in [5.74, 6) is -0.242. The van der Waals surface area contributed by atoms with Crippen LogP contribution in [0.4, 0.5) is 4.79 Å². The summed E-state index contributed by atoms with van der Waals surface area (Å²) in [5.41, 5.74) is -0.0733. The Labute approximate surface area is 196 Å². The van der Waals surface area contributed by atoms with Crippen LogP contribution in [-0.4, -0.2) is 63.8 Å². The van der Waals surface area contributed by atoms with Gasteiger partial charge in [0.05, 0.1) is 11.5 Å². The summed E-state index contributed by atoms with van der Waals surface area (Å²) in [6, 6.07) is 14.0. The first-order valence-corrected chi connectivity index (χ1v) is 12.1. The molecule has 2 aromatic rings. The molecule has 1 heterocycles. The normalized spacial score (nSPS) is 25.2. The molecule has 0 spiro atoms. The number of carbonyl (C=O) groups excluding carboxylic acids is 1. The molecule has 2 N–H and O–H groups in total. The van der Waals surface area contributed by atoms with E-state index in [0.717, 1.165) is 29.2 Å². The van der Waals surface area contributed by atoms with Gasteiger partial charge in [-0.05, 0) is 53.4 Å². The maximum atomic E-state index is 14.0. The number of carbonyl (C=O) groups is 2. The maximum absolute atomic E-state index is 14.0. The van der Waals surface area contributed by atoms with Crippen LogP contribution in [0.5, 0.6) is 0 Å². The average Bonchev–Trinajstić information content (AvgIpc) is 2.79. The van der Waals surface area contributed by atoms with Crippen LogP contribution in [0, 0.1) is 11.3 Å². The molecule has 1 saturated heterocycles. The topological polar surface area (TPSA) is 81.1 Å². The van der Waals surface area contributed by atoms with E-state index in [-0.39, 0.29) is 11.3 Å². The second kappa shape index (κ2) is 8.98. The number of amides is 2. The summed E-state index contributed by atoms with van der Waals surface area (Å²) >= 11 is 0. The van der Waals surface area contributed by atoms with Crippen molar-refractivity contribution in [3.63, 3.8) is 0 Å². The SMILES string of the molecule is CC(C)(C)C1CCC(O)(C(C(=O)N2CCN(C(=O)O)CC2)c2cccc3ccccc23)CC1. The molecule has 1 aliphatic carbocycles. The largest absolute Gasteiger partial charge is 0.465 e. The van der Waals surface area contributed by atoms with Gasteiger partial charge in [0.2, 0.25) is 5.91 Å². The molecule has 1 unspecified atom stereocenters. The minimum atomic E-state index is -1.12. The molecule has 2 aliphatic rings. The van der Waals surface area contributed by atoms with Gasteiger partial charge in [-0.15, -0.1) is 0 Å². The van der Waals surface area contributed by atoms with E-state index in [1.54, 1.807) is 4.90 Å². The lowest BCUT2D eigenvalue weighted by molar-refractivity contribution is -0.144. The molecule has 2 aromatic carbocycles. The van der Waals surface area contributed by atoms with Gasteiger partial charge in [0.1, 0.15) is 0 Å². The van der Waals surface area contributed by atoms with Crippen LogP contribution < -0.4 is 0 Å². The number of fused-ring (bicyclic) bond motifs is 1. The van der Waals surface area contributed by atoms with Gasteiger partial charge >= 0.3 is 6.09 Å². The summed E-state index contributed by atoms with van der Waals surface area (Å²) in [7, 11) is 0. The van der Waals surface area contributed by atoms with E-state index in [1.165, 1.54) is 4.90 Å². The number of rotatable bonds is 3. The number of hydrogen-bond acceptors (Lipinski definition) is 3. The van der Waals surface area contributed by atoms with Crippen molar-refractivity contribution < 1.29 is 19.8 Å². The van der Waals surface area contributed by atoms with Crippen molar-refractivity contribution in [2.24, 2.45) is 11.3 Å². The Morgan fingerprint density at radius 1 is 0.939 bits per heavy atom. The highest BCUT2D eigenvalue weighted by molar-refractivity contribution is 5.94. The lowest BCUT2D eigenvalue weighted by Crippen LogP contribution is -2.55.